The van der Waals surface area contributed by atoms with Gasteiger partial charge in [0.05, 0.1) is 30.9 Å². The predicted molar refractivity (Wildman–Crippen MR) is 152 cm³/mol. The number of ether oxygens (including phenoxy) is 1. The molecule has 1 atom stereocenters. The van der Waals surface area contributed by atoms with Gasteiger partial charge in [-0.3, -0.25) is 19.4 Å². The van der Waals surface area contributed by atoms with Crippen molar-refractivity contribution in [1.29, 1.82) is 0 Å². The first kappa shape index (κ1) is 31.1. The Kier molecular flexibility index (Phi) is 10.1. The van der Waals surface area contributed by atoms with Crippen molar-refractivity contribution in [2.24, 2.45) is 4.99 Å². The van der Waals surface area contributed by atoms with Crippen molar-refractivity contribution in [2.45, 2.75) is 51.1 Å². The van der Waals surface area contributed by atoms with Crippen LogP contribution in [0.5, 0.6) is 0 Å². The third-order valence-electron chi connectivity index (χ3n) is 6.66. The van der Waals surface area contributed by atoms with Crippen LogP contribution in [0.1, 0.15) is 36.5 Å². The number of alkyl carbamates (subject to hydrolysis) is 1. The zero-order valence-corrected chi connectivity index (χ0v) is 23.6. The van der Waals surface area contributed by atoms with E-state index in [1.807, 2.05) is 0 Å². The number of rotatable bonds is 12. The number of carbonyl (C=O) groups excluding carboxylic acids is 3. The molecule has 11 heteroatoms. The van der Waals surface area contributed by atoms with Gasteiger partial charge in [-0.25, -0.2) is 4.79 Å². The van der Waals surface area contributed by atoms with E-state index in [2.05, 4.69) is 21.6 Å². The molecule has 1 aromatic heterocycles. The fraction of sp³-hybridized carbons (Fsp3) is 0.367. The van der Waals surface area contributed by atoms with Gasteiger partial charge in [-0.15, -0.1) is 0 Å². The first-order chi connectivity index (χ1) is 19.3. The Morgan fingerprint density at radius 3 is 2.63 bits per heavy atom. The van der Waals surface area contributed by atoms with Gasteiger partial charge in [0.25, 0.3) is 11.5 Å². The number of hydrogen-bond acceptors (Lipinski definition) is 6. The Hall–Kier alpha value is -4.41. The number of halogens is 2. The van der Waals surface area contributed by atoms with Crippen molar-refractivity contribution in [1.82, 2.24) is 14.8 Å². The molecule has 0 spiro atoms. The molecule has 1 aromatic carbocycles. The Balaban J connectivity index is 1.77. The molecule has 0 bridgehead atoms. The molecule has 3 rings (SSSR count). The lowest BCUT2D eigenvalue weighted by atomic mass is 9.97. The normalized spacial score (nSPS) is 13.4. The van der Waals surface area contributed by atoms with E-state index in [4.69, 9.17) is 0 Å². The molecule has 218 valence electrons. The highest BCUT2D eigenvalue weighted by atomic mass is 19.3. The fourth-order valence-electron chi connectivity index (χ4n) is 4.32. The average molecular weight is 569 g/mol. The molecule has 9 nitrogen and oxygen atoms in total. The van der Waals surface area contributed by atoms with Gasteiger partial charge in [-0.05, 0) is 43.0 Å². The molecular weight excluding hydrogens is 534 g/mol. The maximum atomic E-state index is 14.7. The molecular formula is C30H34F2N4O5. The number of pyridine rings is 1. The van der Waals surface area contributed by atoms with Crippen molar-refractivity contribution in [3.63, 3.8) is 0 Å². The van der Waals surface area contributed by atoms with Crippen molar-refractivity contribution >= 4 is 29.2 Å². The van der Waals surface area contributed by atoms with Crippen LogP contribution in [0.15, 0.2) is 70.6 Å². The third-order valence-corrected chi connectivity index (χ3v) is 6.66. The highest BCUT2D eigenvalue weighted by Gasteiger charge is 2.37. The van der Waals surface area contributed by atoms with Crippen molar-refractivity contribution in [3.05, 3.63) is 87.9 Å². The summed E-state index contributed by atoms with van der Waals surface area (Å²) >= 11 is 0. The van der Waals surface area contributed by atoms with Gasteiger partial charge in [-0.2, -0.15) is 8.78 Å². The van der Waals surface area contributed by atoms with Gasteiger partial charge in [0.15, 0.2) is 5.78 Å². The summed E-state index contributed by atoms with van der Waals surface area (Å²) in [6.45, 7) is 4.73. The Morgan fingerprint density at radius 2 is 1.98 bits per heavy atom. The van der Waals surface area contributed by atoms with E-state index < -0.39 is 29.4 Å². The van der Waals surface area contributed by atoms with Crippen LogP contribution in [0.3, 0.4) is 0 Å². The molecule has 0 unspecified atom stereocenters. The van der Waals surface area contributed by atoms with Crippen molar-refractivity contribution in [3.8, 4) is 0 Å². The molecule has 0 fully saturated rings. The van der Waals surface area contributed by atoms with Gasteiger partial charge in [0, 0.05) is 44.4 Å². The average Bonchev–Trinajstić information content (AvgIpc) is 3.34. The van der Waals surface area contributed by atoms with Crippen LogP contribution in [0, 0.1) is 0 Å². The summed E-state index contributed by atoms with van der Waals surface area (Å²) in [7, 11) is 4.40. The minimum Gasteiger partial charge on any atom is -0.453 e. The summed E-state index contributed by atoms with van der Waals surface area (Å²) < 4.78 is 35.5. The van der Waals surface area contributed by atoms with Crippen LogP contribution in [-0.2, 0) is 39.6 Å². The van der Waals surface area contributed by atoms with Crippen LogP contribution < -0.4 is 10.9 Å². The van der Waals surface area contributed by atoms with E-state index in [0.717, 1.165) is 0 Å². The van der Waals surface area contributed by atoms with Crippen molar-refractivity contribution < 1.29 is 27.9 Å². The largest absolute Gasteiger partial charge is 0.453 e. The molecule has 0 radical (unpaired) electrons. The van der Waals surface area contributed by atoms with Crippen LogP contribution >= 0.6 is 0 Å². The van der Waals surface area contributed by atoms with Crippen LogP contribution in [-0.4, -0.2) is 60.2 Å². The Labute approximate surface area is 237 Å². The maximum Gasteiger partial charge on any atom is 0.407 e. The first-order valence-electron chi connectivity index (χ1n) is 13.0. The second-order valence-electron chi connectivity index (χ2n) is 10.0. The number of benzene rings is 1. The van der Waals surface area contributed by atoms with Gasteiger partial charge in [0.1, 0.15) is 0 Å². The number of aromatic nitrogens is 1. The van der Waals surface area contributed by atoms with E-state index in [-0.39, 0.29) is 47.7 Å². The smallest absolute Gasteiger partial charge is 0.407 e. The van der Waals surface area contributed by atoms with E-state index in [1.165, 1.54) is 41.7 Å². The zero-order valence-electron chi connectivity index (χ0n) is 23.6. The number of ketones is 1. The van der Waals surface area contributed by atoms with Gasteiger partial charge < -0.3 is 19.5 Å². The van der Waals surface area contributed by atoms with Crippen molar-refractivity contribution in [2.75, 3.05) is 21.2 Å². The molecule has 1 N–H and O–H groups in total. The predicted octanol–water partition coefficient (Wildman–Crippen LogP) is 4.11. The highest BCUT2D eigenvalue weighted by molar-refractivity contribution is 5.95. The second-order valence-corrected chi connectivity index (χ2v) is 10.0. The van der Waals surface area contributed by atoms with Gasteiger partial charge in [-0.1, -0.05) is 36.9 Å². The summed E-state index contributed by atoms with van der Waals surface area (Å²) in [5.74, 6) is -3.86. The lowest BCUT2D eigenvalue weighted by molar-refractivity contribution is -0.123. The van der Waals surface area contributed by atoms with E-state index >= 15 is 0 Å². The number of methoxy groups -OCH3 is 1. The Bertz CT molecular complexity index is 1460. The fourth-order valence-corrected chi connectivity index (χ4v) is 4.32. The van der Waals surface area contributed by atoms with Crippen LogP contribution in [0.4, 0.5) is 19.3 Å². The quantitative estimate of drug-likeness (QED) is 0.306. The number of alkyl halides is 2. The number of Topliss-reactive ketones (excluding diaryl/α,β-unsaturated/α-hetero) is 1. The maximum absolute atomic E-state index is 14.7. The SMILES string of the molecule is C=C(C)C(F)(F)c1cccc2c1N=C(Cn1cccc(CC(=O)[C@H](CC/C=C/C(=O)N(C)C)NC(=O)OC)c1=O)C2. The topological polar surface area (TPSA) is 110 Å². The number of fused-ring (bicyclic) bond motifs is 1. The number of allylic oxidation sites excluding steroid dienone is 2. The van der Waals surface area contributed by atoms with E-state index in [1.54, 1.807) is 44.6 Å². The van der Waals surface area contributed by atoms with Gasteiger partial charge in [0.2, 0.25) is 5.91 Å². The number of nitrogens with zero attached hydrogens (tertiary/aromatic N) is 3. The summed E-state index contributed by atoms with van der Waals surface area (Å²) in [5.41, 5.74) is 0.609. The number of likely N-dealkylation sites (N-methyl/N-ethyl adjacent to an activating group) is 1. The standard InChI is InChI=1S/C30H34F2N4O5/c1-19(2)30(31,32)23-12-8-10-20-16-22(33-27(20)23)18-36-15-9-11-21(28(36)39)17-25(37)24(34-29(40)41-5)13-6-7-14-26(38)35(3)4/h7-12,14-15,24H,1,6,13,16-18H2,2-5H3,(H,34,40)/b14-7+/t24-/m0/s1. The Morgan fingerprint density at radius 1 is 1.24 bits per heavy atom. The van der Waals surface area contributed by atoms with Crippen LogP contribution in [0.25, 0.3) is 0 Å². The number of nitrogens with one attached hydrogen (secondary N) is 1. The molecule has 0 saturated heterocycles. The summed E-state index contributed by atoms with van der Waals surface area (Å²) in [4.78, 5) is 55.8. The minimum absolute atomic E-state index is 0.0577. The monoisotopic (exact) mass is 568 g/mol. The lowest BCUT2D eigenvalue weighted by Crippen LogP contribution is -2.42. The summed E-state index contributed by atoms with van der Waals surface area (Å²) in [6, 6.07) is 6.80. The molecule has 0 aliphatic carbocycles. The molecule has 1 aliphatic heterocycles. The number of hydrogen-bond donors (Lipinski definition) is 1. The summed E-state index contributed by atoms with van der Waals surface area (Å²) in [6.07, 6.45) is 4.30. The molecule has 2 amide bonds. The molecule has 41 heavy (non-hydrogen) atoms. The van der Waals surface area contributed by atoms with Gasteiger partial charge >= 0.3 is 6.09 Å². The molecule has 1 aliphatic rings. The second kappa shape index (κ2) is 13.3. The number of aliphatic imine (C=N–C) groups is 1. The van der Waals surface area contributed by atoms with Crippen LogP contribution in [0.2, 0.25) is 0 Å². The molecule has 2 aromatic rings. The zero-order chi connectivity index (χ0) is 30.3. The lowest BCUT2D eigenvalue weighted by Gasteiger charge is -2.18. The van der Waals surface area contributed by atoms with E-state index in [9.17, 15) is 28.0 Å². The summed E-state index contributed by atoms with van der Waals surface area (Å²) in [5, 5.41) is 2.49. The molecule has 2 heterocycles. The highest BCUT2D eigenvalue weighted by Crippen LogP contribution is 2.43. The van der Waals surface area contributed by atoms with E-state index in [0.29, 0.717) is 24.1 Å². The number of para-hydroxylation sites is 1. The number of amides is 2. The third kappa shape index (κ3) is 7.62. The first-order valence-corrected chi connectivity index (χ1v) is 13.0. The number of carbonyl (C=O) groups is 3. The minimum atomic E-state index is -3.24. The molecule has 0 saturated carbocycles.